The molecule has 1 unspecified atom stereocenters. The van der Waals surface area contributed by atoms with E-state index in [0.29, 0.717) is 39.5 Å². The molecule has 6 nitrogen and oxygen atoms in total. The SMILES string of the molecule is CCC(C)NC(=O)CCN(C(=O)c1csc(Nc2cc(Cl)ccc2Cl)n1)C1CC1. The van der Waals surface area contributed by atoms with Gasteiger partial charge in [0.05, 0.1) is 10.7 Å². The van der Waals surface area contributed by atoms with Crippen molar-refractivity contribution >= 4 is 57.2 Å². The molecule has 1 fully saturated rings. The number of hydrogen-bond acceptors (Lipinski definition) is 5. The Bertz CT molecular complexity index is 885. The lowest BCUT2D eigenvalue weighted by Crippen LogP contribution is -2.38. The van der Waals surface area contributed by atoms with Crippen LogP contribution in [0.2, 0.25) is 10.0 Å². The first-order valence-corrected chi connectivity index (χ1v) is 11.3. The second kappa shape index (κ2) is 9.78. The first-order valence-electron chi connectivity index (χ1n) is 9.65. The average molecular weight is 455 g/mol. The number of benzene rings is 1. The third-order valence-corrected chi connectivity index (χ3v) is 6.06. The highest BCUT2D eigenvalue weighted by atomic mass is 35.5. The third-order valence-electron chi connectivity index (χ3n) is 4.74. The summed E-state index contributed by atoms with van der Waals surface area (Å²) in [4.78, 5) is 31.2. The zero-order chi connectivity index (χ0) is 21.0. The van der Waals surface area contributed by atoms with Crippen LogP contribution in [0.5, 0.6) is 0 Å². The van der Waals surface area contributed by atoms with Crippen LogP contribution in [0, 0.1) is 0 Å². The quantitative estimate of drug-likeness (QED) is 0.552. The summed E-state index contributed by atoms with van der Waals surface area (Å²) < 4.78 is 0. The van der Waals surface area contributed by atoms with Crippen molar-refractivity contribution in [2.75, 3.05) is 11.9 Å². The van der Waals surface area contributed by atoms with Crippen molar-refractivity contribution < 1.29 is 9.59 Å². The number of nitrogens with one attached hydrogen (secondary N) is 2. The van der Waals surface area contributed by atoms with Crippen molar-refractivity contribution in [3.8, 4) is 0 Å². The Kier molecular flexibility index (Phi) is 7.38. The molecule has 0 saturated heterocycles. The number of amides is 2. The van der Waals surface area contributed by atoms with E-state index >= 15 is 0 Å². The molecule has 2 N–H and O–H groups in total. The fourth-order valence-electron chi connectivity index (χ4n) is 2.79. The fourth-order valence-corrected chi connectivity index (χ4v) is 3.83. The summed E-state index contributed by atoms with van der Waals surface area (Å²) in [6, 6.07) is 5.44. The van der Waals surface area contributed by atoms with Gasteiger partial charge in [0.25, 0.3) is 5.91 Å². The Morgan fingerprint density at radius 2 is 2.10 bits per heavy atom. The minimum atomic E-state index is -0.148. The maximum absolute atomic E-state index is 13.0. The summed E-state index contributed by atoms with van der Waals surface area (Å²) in [5, 5.41) is 9.40. The van der Waals surface area contributed by atoms with Gasteiger partial charge in [0.2, 0.25) is 5.91 Å². The topological polar surface area (TPSA) is 74.3 Å². The molecule has 1 aliphatic carbocycles. The molecule has 1 aliphatic rings. The number of carbonyl (C=O) groups excluding carboxylic acids is 2. The van der Waals surface area contributed by atoms with Crippen LogP contribution in [-0.4, -0.2) is 40.3 Å². The molecule has 2 amide bonds. The number of nitrogens with zero attached hydrogens (tertiary/aromatic N) is 2. The lowest BCUT2D eigenvalue weighted by atomic mass is 10.2. The van der Waals surface area contributed by atoms with E-state index < -0.39 is 0 Å². The molecular formula is C20H24Cl2N4O2S. The summed E-state index contributed by atoms with van der Waals surface area (Å²) in [7, 11) is 0. The standard InChI is InChI=1S/C20H24Cl2N4O2S/c1-3-12(2)23-18(27)8-9-26(14-5-6-14)19(28)17-11-29-20(25-17)24-16-10-13(21)4-7-15(16)22/h4,7,10-12,14H,3,5-6,8-9H2,1-2H3,(H,23,27)(H,24,25). The minimum absolute atomic E-state index is 0.0333. The van der Waals surface area contributed by atoms with Gasteiger partial charge < -0.3 is 15.5 Å². The summed E-state index contributed by atoms with van der Waals surface area (Å²) in [5.74, 6) is -0.181. The molecule has 3 rings (SSSR count). The monoisotopic (exact) mass is 454 g/mol. The summed E-state index contributed by atoms with van der Waals surface area (Å²) in [5.41, 5.74) is 0.998. The number of carbonyl (C=O) groups is 2. The number of halogens is 2. The van der Waals surface area contributed by atoms with Crippen molar-refractivity contribution in [2.24, 2.45) is 0 Å². The lowest BCUT2D eigenvalue weighted by Gasteiger charge is -2.21. The van der Waals surface area contributed by atoms with Crippen LogP contribution in [0.4, 0.5) is 10.8 Å². The van der Waals surface area contributed by atoms with Crippen LogP contribution in [0.3, 0.4) is 0 Å². The molecule has 0 spiro atoms. The zero-order valence-electron chi connectivity index (χ0n) is 16.4. The highest BCUT2D eigenvalue weighted by Gasteiger charge is 2.34. The lowest BCUT2D eigenvalue weighted by molar-refractivity contribution is -0.121. The number of anilines is 2. The highest BCUT2D eigenvalue weighted by Crippen LogP contribution is 2.32. The molecule has 29 heavy (non-hydrogen) atoms. The molecular weight excluding hydrogens is 431 g/mol. The van der Waals surface area contributed by atoms with Crippen LogP contribution >= 0.6 is 34.5 Å². The van der Waals surface area contributed by atoms with Crippen molar-refractivity contribution in [1.29, 1.82) is 0 Å². The number of hydrogen-bond donors (Lipinski definition) is 2. The second-order valence-electron chi connectivity index (χ2n) is 7.14. The summed E-state index contributed by atoms with van der Waals surface area (Å²) >= 11 is 13.5. The number of rotatable bonds is 9. The van der Waals surface area contributed by atoms with Gasteiger partial charge >= 0.3 is 0 Å². The van der Waals surface area contributed by atoms with Gasteiger partial charge in [0.15, 0.2) is 5.13 Å². The zero-order valence-corrected chi connectivity index (χ0v) is 18.7. The first-order chi connectivity index (χ1) is 13.9. The normalized spacial score (nSPS) is 14.3. The molecule has 1 atom stereocenters. The Balaban J connectivity index is 1.63. The molecule has 1 saturated carbocycles. The smallest absolute Gasteiger partial charge is 0.273 e. The van der Waals surface area contributed by atoms with Crippen molar-refractivity contribution in [3.63, 3.8) is 0 Å². The van der Waals surface area contributed by atoms with Gasteiger partial charge in [-0.05, 0) is 44.4 Å². The Hall–Kier alpha value is -1.83. The van der Waals surface area contributed by atoms with E-state index in [9.17, 15) is 9.59 Å². The van der Waals surface area contributed by atoms with E-state index in [0.717, 1.165) is 19.3 Å². The third kappa shape index (κ3) is 6.07. The number of aromatic nitrogens is 1. The predicted octanol–water partition coefficient (Wildman–Crippen LogP) is 5.10. The summed E-state index contributed by atoms with van der Waals surface area (Å²) in [6.07, 6.45) is 3.10. The first kappa shape index (κ1) is 21.9. The van der Waals surface area contributed by atoms with E-state index in [-0.39, 0.29) is 23.9 Å². The predicted molar refractivity (Wildman–Crippen MR) is 118 cm³/mol. The van der Waals surface area contributed by atoms with Crippen LogP contribution in [0.1, 0.15) is 50.0 Å². The van der Waals surface area contributed by atoms with E-state index in [1.54, 1.807) is 28.5 Å². The van der Waals surface area contributed by atoms with Gasteiger partial charge in [-0.2, -0.15) is 0 Å². The molecule has 0 aliphatic heterocycles. The molecule has 1 aromatic heterocycles. The van der Waals surface area contributed by atoms with Gasteiger partial charge in [-0.25, -0.2) is 4.98 Å². The van der Waals surface area contributed by atoms with Crippen LogP contribution < -0.4 is 10.6 Å². The minimum Gasteiger partial charge on any atom is -0.354 e. The van der Waals surface area contributed by atoms with Gasteiger partial charge in [-0.15, -0.1) is 11.3 Å². The second-order valence-corrected chi connectivity index (χ2v) is 8.85. The molecule has 9 heteroatoms. The molecule has 1 aromatic carbocycles. The van der Waals surface area contributed by atoms with Crippen LogP contribution in [0.15, 0.2) is 23.6 Å². The molecule has 2 aromatic rings. The van der Waals surface area contributed by atoms with Crippen molar-refractivity contribution in [2.45, 2.75) is 51.6 Å². The van der Waals surface area contributed by atoms with Crippen LogP contribution in [-0.2, 0) is 4.79 Å². The van der Waals surface area contributed by atoms with Crippen molar-refractivity contribution in [3.05, 3.63) is 39.3 Å². The van der Waals surface area contributed by atoms with E-state index in [1.807, 2.05) is 13.8 Å². The highest BCUT2D eigenvalue weighted by molar-refractivity contribution is 7.14. The molecule has 0 bridgehead atoms. The van der Waals surface area contributed by atoms with E-state index in [2.05, 4.69) is 15.6 Å². The Morgan fingerprint density at radius 3 is 2.79 bits per heavy atom. The average Bonchev–Trinajstić information content (AvgIpc) is 3.42. The van der Waals surface area contributed by atoms with Gasteiger partial charge in [-0.3, -0.25) is 9.59 Å². The Labute approximate surface area is 184 Å². The van der Waals surface area contributed by atoms with Gasteiger partial charge in [0.1, 0.15) is 5.69 Å². The maximum Gasteiger partial charge on any atom is 0.273 e. The van der Waals surface area contributed by atoms with E-state index in [1.165, 1.54) is 11.3 Å². The van der Waals surface area contributed by atoms with Gasteiger partial charge in [-0.1, -0.05) is 30.1 Å². The number of thiazole rings is 1. The van der Waals surface area contributed by atoms with Crippen molar-refractivity contribution in [1.82, 2.24) is 15.2 Å². The van der Waals surface area contributed by atoms with E-state index in [4.69, 9.17) is 23.2 Å². The fraction of sp³-hybridized carbons (Fsp3) is 0.450. The van der Waals surface area contributed by atoms with Crippen LogP contribution in [0.25, 0.3) is 0 Å². The molecule has 0 radical (unpaired) electrons. The molecule has 156 valence electrons. The maximum atomic E-state index is 13.0. The Morgan fingerprint density at radius 1 is 1.34 bits per heavy atom. The summed E-state index contributed by atoms with van der Waals surface area (Å²) in [6.45, 7) is 4.39. The largest absolute Gasteiger partial charge is 0.354 e. The molecule has 1 heterocycles. The van der Waals surface area contributed by atoms with Gasteiger partial charge in [0, 0.05) is 35.5 Å².